The van der Waals surface area contributed by atoms with Crippen LogP contribution in [0.4, 0.5) is 0 Å². The van der Waals surface area contributed by atoms with E-state index in [-0.39, 0.29) is 0 Å². The van der Waals surface area contributed by atoms with Gasteiger partial charge in [0.15, 0.2) is 0 Å². The molecule has 1 saturated heterocycles. The van der Waals surface area contributed by atoms with Gasteiger partial charge < -0.3 is 26.0 Å². The Kier molecular flexibility index (Phi) is 8.01. The molecule has 8 heteroatoms. The molecule has 4 N–H and O–H groups in total. The molecule has 1 rings (SSSR count). The van der Waals surface area contributed by atoms with Crippen molar-refractivity contribution in [1.29, 1.82) is 5.41 Å². The summed E-state index contributed by atoms with van der Waals surface area (Å²) in [6.07, 6.45) is 5.40. The van der Waals surface area contributed by atoms with Gasteiger partial charge in [0, 0.05) is 52.6 Å². The van der Waals surface area contributed by atoms with Crippen LogP contribution >= 0.6 is 0 Å². The molecule has 0 spiro atoms. The maximum absolute atomic E-state index is 7.85. The van der Waals surface area contributed by atoms with Crippen molar-refractivity contribution >= 4 is 11.5 Å². The molecule has 22 heavy (non-hydrogen) atoms. The van der Waals surface area contributed by atoms with Gasteiger partial charge in [-0.25, -0.2) is 5.01 Å². The molecule has 0 aromatic rings. The van der Waals surface area contributed by atoms with Crippen LogP contribution in [0.2, 0.25) is 0 Å². The second-order valence-corrected chi connectivity index (χ2v) is 4.89. The quantitative estimate of drug-likeness (QED) is 0.233. The highest BCUT2D eigenvalue weighted by Gasteiger charge is 2.14. The molecular weight excluding hydrogens is 282 g/mol. The van der Waals surface area contributed by atoms with Gasteiger partial charge in [-0.3, -0.25) is 0 Å². The Morgan fingerprint density at radius 2 is 1.86 bits per heavy atom. The van der Waals surface area contributed by atoms with Crippen LogP contribution in [0.3, 0.4) is 0 Å². The minimum absolute atomic E-state index is 0.408. The third kappa shape index (κ3) is 7.09. The summed E-state index contributed by atoms with van der Waals surface area (Å²) in [7, 11) is 3.47. The molecule has 8 nitrogen and oxygen atoms in total. The first kappa shape index (κ1) is 18.0. The summed E-state index contributed by atoms with van der Waals surface area (Å²) in [4.78, 5) is 7.26. The number of piperazine rings is 1. The molecule has 0 amide bonds. The Hall–Kier alpha value is -2.06. The van der Waals surface area contributed by atoms with Gasteiger partial charge in [0.25, 0.3) is 0 Å². The topological polar surface area (TPSA) is 88.0 Å². The number of rotatable bonds is 7. The highest BCUT2D eigenvalue weighted by atomic mass is 16.6. The van der Waals surface area contributed by atoms with Crippen LogP contribution in [0.1, 0.15) is 13.8 Å². The van der Waals surface area contributed by atoms with Gasteiger partial charge in [-0.15, -0.1) is 0 Å². The lowest BCUT2D eigenvalue weighted by atomic mass is 10.3. The van der Waals surface area contributed by atoms with Crippen molar-refractivity contribution in [3.05, 3.63) is 24.1 Å². The van der Waals surface area contributed by atoms with Crippen molar-refractivity contribution in [1.82, 2.24) is 26.2 Å². The van der Waals surface area contributed by atoms with Gasteiger partial charge >= 0.3 is 0 Å². The molecule has 0 aromatic carbocycles. The Balaban J connectivity index is 2.36. The van der Waals surface area contributed by atoms with E-state index in [1.807, 2.05) is 13.1 Å². The number of hydroxylamine groups is 1. The molecule has 1 aliphatic rings. The molecular formula is C14H27N7O. The average Bonchev–Trinajstić information content (AvgIpc) is 2.47. The Labute approximate surface area is 132 Å². The second-order valence-electron chi connectivity index (χ2n) is 4.89. The van der Waals surface area contributed by atoms with E-state index in [9.17, 15) is 0 Å². The monoisotopic (exact) mass is 309 g/mol. The van der Waals surface area contributed by atoms with E-state index in [0.717, 1.165) is 32.0 Å². The molecule has 1 heterocycles. The van der Waals surface area contributed by atoms with Crippen molar-refractivity contribution in [2.45, 2.75) is 13.8 Å². The molecule has 0 radical (unpaired) electrons. The fraction of sp³-hybridized carbons (Fsp3) is 0.571. The molecule has 1 aliphatic heterocycles. The minimum atomic E-state index is 0.408. The number of allylic oxidation sites excluding steroid dienone is 3. The molecule has 0 saturated carbocycles. The Morgan fingerprint density at radius 1 is 1.18 bits per heavy atom. The number of nitrogens with zero attached hydrogens (tertiary/aromatic N) is 3. The standard InChI is InChI=1S/C14H27N7O/c1-12(22-17-4)11-14(15)5-6-20-7-9-21(10-8-20)19-13(2)18-16-3/h5-6,11,15-17H,7-10H2,1-4H3,(H,18,19)/b6-5+,12-11+,15-14?. The first-order valence-electron chi connectivity index (χ1n) is 7.30. The van der Waals surface area contributed by atoms with Crippen LogP contribution in [0.5, 0.6) is 0 Å². The van der Waals surface area contributed by atoms with Crippen molar-refractivity contribution in [2.75, 3.05) is 40.3 Å². The maximum atomic E-state index is 7.85. The second kappa shape index (κ2) is 9.80. The predicted octanol–water partition coefficient (Wildman–Crippen LogP) is 0.250. The predicted molar refractivity (Wildman–Crippen MR) is 89.2 cm³/mol. The van der Waals surface area contributed by atoms with Gasteiger partial charge in [0.2, 0.25) is 0 Å². The smallest absolute Gasteiger partial charge is 0.133 e. The Bertz CT molecular complexity index is 436. The summed E-state index contributed by atoms with van der Waals surface area (Å²) in [5, 5.41) is 14.1. The zero-order valence-electron chi connectivity index (χ0n) is 13.8. The average molecular weight is 309 g/mol. The Morgan fingerprint density at radius 3 is 2.45 bits per heavy atom. The molecule has 0 unspecified atom stereocenters. The van der Waals surface area contributed by atoms with Gasteiger partial charge in [-0.1, -0.05) is 0 Å². The largest absolute Gasteiger partial charge is 0.414 e. The van der Waals surface area contributed by atoms with Crippen molar-refractivity contribution in [3.63, 3.8) is 0 Å². The molecule has 124 valence electrons. The molecule has 0 bridgehead atoms. The third-order valence-corrected chi connectivity index (χ3v) is 3.00. The van der Waals surface area contributed by atoms with Gasteiger partial charge in [-0.2, -0.15) is 10.6 Å². The van der Waals surface area contributed by atoms with Gasteiger partial charge in [0.05, 0.1) is 5.71 Å². The van der Waals surface area contributed by atoms with Gasteiger partial charge in [-0.05, 0) is 19.9 Å². The van der Waals surface area contributed by atoms with E-state index in [0.29, 0.717) is 11.5 Å². The highest BCUT2D eigenvalue weighted by molar-refractivity contribution is 6.01. The number of hydrazine groups is 1. The number of nitrogens with one attached hydrogen (secondary N) is 4. The van der Waals surface area contributed by atoms with Crippen LogP contribution < -0.4 is 16.3 Å². The van der Waals surface area contributed by atoms with Crippen LogP contribution in [0, 0.1) is 5.41 Å². The molecule has 1 fully saturated rings. The van der Waals surface area contributed by atoms with E-state index in [2.05, 4.69) is 31.3 Å². The third-order valence-electron chi connectivity index (χ3n) is 3.00. The number of hydrogen-bond donors (Lipinski definition) is 4. The number of hydrogen-bond acceptors (Lipinski definition) is 7. The van der Waals surface area contributed by atoms with E-state index in [1.165, 1.54) is 0 Å². The van der Waals surface area contributed by atoms with E-state index in [4.69, 9.17) is 10.2 Å². The van der Waals surface area contributed by atoms with Crippen LogP contribution in [0.25, 0.3) is 0 Å². The fourth-order valence-electron chi connectivity index (χ4n) is 2.05. The number of amidine groups is 1. The molecule has 0 aromatic heterocycles. The maximum Gasteiger partial charge on any atom is 0.133 e. The lowest BCUT2D eigenvalue weighted by Gasteiger charge is -2.34. The first-order valence-corrected chi connectivity index (χ1v) is 7.30. The molecule has 0 atom stereocenters. The summed E-state index contributed by atoms with van der Waals surface area (Å²) >= 11 is 0. The van der Waals surface area contributed by atoms with Crippen LogP contribution in [-0.2, 0) is 4.84 Å². The highest BCUT2D eigenvalue weighted by Crippen LogP contribution is 2.01. The SMILES string of the molecule is CN/N=C(/C)NN1CCN(/C=C/C(=N)/C=C(\C)ONC)CC1. The normalized spacial score (nSPS) is 17.7. The van der Waals surface area contributed by atoms with E-state index < -0.39 is 0 Å². The molecule has 0 aliphatic carbocycles. The summed E-state index contributed by atoms with van der Waals surface area (Å²) in [6, 6.07) is 0. The first-order chi connectivity index (χ1) is 10.5. The van der Waals surface area contributed by atoms with Crippen molar-refractivity contribution < 1.29 is 4.84 Å². The van der Waals surface area contributed by atoms with Crippen LogP contribution in [0.15, 0.2) is 29.2 Å². The summed E-state index contributed by atoms with van der Waals surface area (Å²) < 4.78 is 0. The number of hydrazone groups is 1. The van der Waals surface area contributed by atoms with E-state index in [1.54, 1.807) is 33.2 Å². The van der Waals surface area contributed by atoms with E-state index >= 15 is 0 Å². The summed E-state index contributed by atoms with van der Waals surface area (Å²) in [6.45, 7) is 7.32. The van der Waals surface area contributed by atoms with Crippen molar-refractivity contribution in [2.24, 2.45) is 5.10 Å². The zero-order chi connectivity index (χ0) is 16.4. The lowest BCUT2D eigenvalue weighted by molar-refractivity contribution is 0.128. The minimum Gasteiger partial charge on any atom is -0.414 e. The summed E-state index contributed by atoms with van der Waals surface area (Å²) in [5.74, 6) is 1.50. The lowest BCUT2D eigenvalue weighted by Crippen LogP contribution is -2.52. The van der Waals surface area contributed by atoms with Crippen LogP contribution in [-0.4, -0.2) is 61.7 Å². The van der Waals surface area contributed by atoms with Gasteiger partial charge in [0.1, 0.15) is 11.6 Å². The van der Waals surface area contributed by atoms with Crippen molar-refractivity contribution in [3.8, 4) is 0 Å². The zero-order valence-corrected chi connectivity index (χ0v) is 13.8. The fourth-order valence-corrected chi connectivity index (χ4v) is 2.05. The summed E-state index contributed by atoms with van der Waals surface area (Å²) in [5.41, 5.74) is 8.99.